The number of hydrogen-bond donors (Lipinski definition) is 1. The van der Waals surface area contributed by atoms with Crippen molar-refractivity contribution in [2.24, 2.45) is 0 Å². The maximum atomic E-state index is 12.5. The van der Waals surface area contributed by atoms with Crippen LogP contribution in [0.2, 0.25) is 0 Å². The Morgan fingerprint density at radius 1 is 1.19 bits per heavy atom. The molecule has 0 saturated carbocycles. The molecule has 2 aliphatic rings. The second-order valence-electron chi connectivity index (χ2n) is 8.70. The van der Waals surface area contributed by atoms with E-state index in [1.165, 1.54) is 10.5 Å². The Hall–Kier alpha value is -1.05. The highest BCUT2D eigenvalue weighted by Gasteiger charge is 2.37. The molecule has 7 heteroatoms. The minimum Gasteiger partial charge on any atom is -0.331 e. The number of rotatable bonds is 4. The molecule has 0 aromatic heterocycles. The maximum Gasteiger partial charge on any atom is 0.233 e. The van der Waals surface area contributed by atoms with Crippen molar-refractivity contribution in [3.63, 3.8) is 0 Å². The van der Waals surface area contributed by atoms with E-state index in [1.54, 1.807) is 11.8 Å². The number of quaternary nitrogens is 1. The largest absolute Gasteiger partial charge is 0.331 e. The Morgan fingerprint density at radius 2 is 1.81 bits per heavy atom. The van der Waals surface area contributed by atoms with Gasteiger partial charge in [0.1, 0.15) is 11.8 Å². The maximum absolute atomic E-state index is 12.5. The summed E-state index contributed by atoms with van der Waals surface area (Å²) in [6, 6.07) is 8.71. The molecule has 2 heterocycles. The summed E-state index contributed by atoms with van der Waals surface area (Å²) in [7, 11) is -2.83. The highest BCUT2D eigenvalue weighted by molar-refractivity contribution is 8.00. The lowest BCUT2D eigenvalue weighted by Gasteiger charge is -2.35. The molecule has 1 atom stereocenters. The third kappa shape index (κ3) is 5.48. The molecule has 150 valence electrons. The number of hydrogen-bond acceptors (Lipinski definition) is 4. The molecule has 0 unspecified atom stereocenters. The first-order chi connectivity index (χ1) is 12.6. The molecule has 0 aliphatic carbocycles. The summed E-state index contributed by atoms with van der Waals surface area (Å²) in [5, 5.41) is 0. The normalized spacial score (nSPS) is 23.5. The number of benzene rings is 1. The first kappa shape index (κ1) is 20.7. The van der Waals surface area contributed by atoms with Crippen LogP contribution >= 0.6 is 11.8 Å². The molecular weight excluding hydrogens is 380 g/mol. The summed E-state index contributed by atoms with van der Waals surface area (Å²) in [6.45, 7) is 9.76. The number of carbonyl (C=O) groups is 1. The number of carbonyl (C=O) groups excluding carboxylic acids is 1. The van der Waals surface area contributed by atoms with Gasteiger partial charge in [0.2, 0.25) is 5.91 Å². The van der Waals surface area contributed by atoms with Crippen molar-refractivity contribution < 1.29 is 18.1 Å². The summed E-state index contributed by atoms with van der Waals surface area (Å²) in [4.78, 5) is 16.9. The lowest BCUT2D eigenvalue weighted by molar-refractivity contribution is -0.925. The molecule has 0 bridgehead atoms. The Labute approximate surface area is 167 Å². The molecule has 2 saturated heterocycles. The lowest BCUT2D eigenvalue weighted by Crippen LogP contribution is -3.18. The predicted octanol–water partition coefficient (Wildman–Crippen LogP) is 0.990. The molecule has 2 fully saturated rings. The fraction of sp³-hybridized carbons (Fsp3) is 0.650. The zero-order valence-electron chi connectivity index (χ0n) is 16.5. The zero-order chi connectivity index (χ0) is 19.7. The Kier molecular flexibility index (Phi) is 6.23. The van der Waals surface area contributed by atoms with Crippen molar-refractivity contribution in [2.75, 3.05) is 43.4 Å². The van der Waals surface area contributed by atoms with Crippen molar-refractivity contribution in [3.05, 3.63) is 29.8 Å². The van der Waals surface area contributed by atoms with Gasteiger partial charge in [-0.1, -0.05) is 32.9 Å². The number of nitrogens with one attached hydrogen (secondary N) is 1. The van der Waals surface area contributed by atoms with Crippen LogP contribution < -0.4 is 4.90 Å². The van der Waals surface area contributed by atoms with Gasteiger partial charge in [-0.15, -0.1) is 11.8 Å². The number of piperazine rings is 1. The third-order valence-electron chi connectivity index (χ3n) is 5.65. The highest BCUT2D eigenvalue weighted by Crippen LogP contribution is 2.25. The van der Waals surface area contributed by atoms with Gasteiger partial charge in [0, 0.05) is 11.3 Å². The van der Waals surface area contributed by atoms with E-state index in [4.69, 9.17) is 0 Å². The minimum atomic E-state index is -2.83. The van der Waals surface area contributed by atoms with E-state index in [1.807, 2.05) is 4.90 Å². The van der Waals surface area contributed by atoms with Gasteiger partial charge >= 0.3 is 0 Å². The minimum absolute atomic E-state index is 0.139. The van der Waals surface area contributed by atoms with E-state index in [9.17, 15) is 13.2 Å². The molecule has 2 aliphatic heterocycles. The summed E-state index contributed by atoms with van der Waals surface area (Å²) in [6.07, 6.45) is 0.770. The molecule has 1 aromatic rings. The van der Waals surface area contributed by atoms with Gasteiger partial charge in [-0.25, -0.2) is 8.42 Å². The smallest absolute Gasteiger partial charge is 0.233 e. The van der Waals surface area contributed by atoms with Crippen LogP contribution in [-0.4, -0.2) is 68.7 Å². The topological polar surface area (TPSA) is 58.9 Å². The van der Waals surface area contributed by atoms with Crippen LogP contribution in [0.1, 0.15) is 32.8 Å². The molecule has 3 rings (SSSR count). The Balaban J connectivity index is 1.44. The number of nitrogens with zero attached hydrogens (tertiary/aromatic N) is 1. The molecule has 5 nitrogen and oxygen atoms in total. The van der Waals surface area contributed by atoms with E-state index in [-0.39, 0.29) is 17.4 Å². The summed E-state index contributed by atoms with van der Waals surface area (Å²) in [5.74, 6) is 1.28. The number of sulfone groups is 1. The fourth-order valence-electron chi connectivity index (χ4n) is 3.86. The van der Waals surface area contributed by atoms with Crippen LogP contribution in [0.15, 0.2) is 29.2 Å². The van der Waals surface area contributed by atoms with Crippen molar-refractivity contribution in [1.29, 1.82) is 0 Å². The van der Waals surface area contributed by atoms with Crippen molar-refractivity contribution >= 4 is 27.5 Å². The number of amides is 1. The van der Waals surface area contributed by atoms with E-state index in [2.05, 4.69) is 45.0 Å². The molecule has 1 N–H and O–H groups in total. The van der Waals surface area contributed by atoms with Gasteiger partial charge < -0.3 is 9.80 Å². The van der Waals surface area contributed by atoms with Gasteiger partial charge in [-0.05, 0) is 23.1 Å². The van der Waals surface area contributed by atoms with Gasteiger partial charge in [0.25, 0.3) is 0 Å². The standard InChI is InChI=1S/C20H30N2O3S2/c1-20(2,3)16-4-6-18(7-5-16)26-14-19(23)22-11-9-21(10-12-22)17-8-13-27(24,25)15-17/h4-7,17H,8-15H2,1-3H3/p+1/t17-/m1/s1. The summed E-state index contributed by atoms with van der Waals surface area (Å²) in [5.41, 5.74) is 1.44. The molecular formula is C20H31N2O3S2+. The lowest BCUT2D eigenvalue weighted by atomic mass is 9.87. The van der Waals surface area contributed by atoms with Gasteiger partial charge in [-0.3, -0.25) is 4.79 Å². The molecule has 1 amide bonds. The second-order valence-corrected chi connectivity index (χ2v) is 12.0. The van der Waals surface area contributed by atoms with Gasteiger partial charge in [0.15, 0.2) is 9.84 Å². The number of thioether (sulfide) groups is 1. The summed E-state index contributed by atoms with van der Waals surface area (Å²) < 4.78 is 23.3. The van der Waals surface area contributed by atoms with E-state index in [0.717, 1.165) is 37.5 Å². The zero-order valence-corrected chi connectivity index (χ0v) is 18.2. The van der Waals surface area contributed by atoms with Crippen LogP contribution in [0.4, 0.5) is 0 Å². The summed E-state index contributed by atoms with van der Waals surface area (Å²) >= 11 is 1.59. The highest BCUT2D eigenvalue weighted by atomic mass is 32.2. The first-order valence-corrected chi connectivity index (χ1v) is 12.5. The van der Waals surface area contributed by atoms with Gasteiger partial charge in [-0.2, -0.15) is 0 Å². The average Bonchev–Trinajstić information content (AvgIpc) is 2.99. The Bertz CT molecular complexity index is 761. The molecule has 0 spiro atoms. The van der Waals surface area contributed by atoms with Crippen LogP contribution in [0.5, 0.6) is 0 Å². The fourth-order valence-corrected chi connectivity index (χ4v) is 6.48. The van der Waals surface area contributed by atoms with Crippen molar-refractivity contribution in [2.45, 2.75) is 43.5 Å². The SMILES string of the molecule is CC(C)(C)c1ccc(SCC(=O)N2CC[NH+]([C@@H]3CCS(=O)(=O)C3)CC2)cc1. The van der Waals surface area contributed by atoms with E-state index >= 15 is 0 Å². The molecule has 1 aromatic carbocycles. The van der Waals surface area contributed by atoms with E-state index in [0.29, 0.717) is 17.3 Å². The van der Waals surface area contributed by atoms with Crippen LogP contribution in [0.3, 0.4) is 0 Å². The Morgan fingerprint density at radius 3 is 2.33 bits per heavy atom. The predicted molar refractivity (Wildman–Crippen MR) is 110 cm³/mol. The second kappa shape index (κ2) is 8.13. The van der Waals surface area contributed by atoms with Crippen LogP contribution in [0.25, 0.3) is 0 Å². The van der Waals surface area contributed by atoms with Gasteiger partial charge in [0.05, 0.1) is 37.7 Å². The molecule has 27 heavy (non-hydrogen) atoms. The third-order valence-corrected chi connectivity index (χ3v) is 8.42. The monoisotopic (exact) mass is 411 g/mol. The van der Waals surface area contributed by atoms with Crippen molar-refractivity contribution in [3.8, 4) is 0 Å². The van der Waals surface area contributed by atoms with Crippen LogP contribution in [0, 0.1) is 0 Å². The van der Waals surface area contributed by atoms with Crippen molar-refractivity contribution in [1.82, 2.24) is 4.90 Å². The average molecular weight is 412 g/mol. The molecule has 0 radical (unpaired) electrons. The quantitative estimate of drug-likeness (QED) is 0.751. The van der Waals surface area contributed by atoms with Crippen LogP contribution in [-0.2, 0) is 20.0 Å². The first-order valence-electron chi connectivity index (χ1n) is 9.70. The van der Waals surface area contributed by atoms with E-state index < -0.39 is 9.84 Å².